The van der Waals surface area contributed by atoms with Gasteiger partial charge in [0.05, 0.1) is 22.4 Å². The van der Waals surface area contributed by atoms with E-state index >= 15 is 0 Å². The summed E-state index contributed by atoms with van der Waals surface area (Å²) in [4.78, 5) is 7.36. The minimum absolute atomic E-state index is 0.595. The van der Waals surface area contributed by atoms with E-state index in [9.17, 15) is 0 Å². The number of nitrogens with zero attached hydrogens (tertiary/aromatic N) is 3. The van der Waals surface area contributed by atoms with E-state index in [0.717, 1.165) is 55.8 Å². The van der Waals surface area contributed by atoms with E-state index in [1.165, 1.54) is 38.1 Å². The second-order valence-electron chi connectivity index (χ2n) is 14.0. The molecule has 0 unspecified atom stereocenters. The molecule has 258 valence electrons. The zero-order valence-electron chi connectivity index (χ0n) is 29.8. The first kappa shape index (κ1) is 31.1. The molecule has 11 rings (SSSR count). The fourth-order valence-electron chi connectivity index (χ4n) is 8.25. The Morgan fingerprint density at radius 1 is 0.455 bits per heavy atom. The number of aromatic nitrogens is 2. The van der Waals surface area contributed by atoms with Crippen molar-refractivity contribution in [3.8, 4) is 28.3 Å². The third kappa shape index (κ3) is 5.11. The van der Waals surface area contributed by atoms with E-state index in [4.69, 9.17) is 9.40 Å². The van der Waals surface area contributed by atoms with Crippen LogP contribution in [-0.2, 0) is 0 Å². The molecule has 0 fully saturated rings. The number of benzene rings is 9. The molecule has 0 aliphatic rings. The number of oxazole rings is 1. The van der Waals surface area contributed by atoms with Crippen molar-refractivity contribution in [1.82, 2.24) is 9.55 Å². The molecule has 0 spiro atoms. The third-order valence-corrected chi connectivity index (χ3v) is 10.8. The molecule has 9 aromatic carbocycles. The first-order valence-electron chi connectivity index (χ1n) is 18.6. The normalized spacial score (nSPS) is 11.6. The van der Waals surface area contributed by atoms with E-state index in [2.05, 4.69) is 173 Å². The van der Waals surface area contributed by atoms with Gasteiger partial charge in [0.1, 0.15) is 5.52 Å². The van der Waals surface area contributed by atoms with Crippen LogP contribution in [0.15, 0.2) is 205 Å². The minimum atomic E-state index is 0.595. The van der Waals surface area contributed by atoms with Crippen molar-refractivity contribution in [2.24, 2.45) is 0 Å². The Morgan fingerprint density at radius 3 is 1.95 bits per heavy atom. The predicted molar refractivity (Wildman–Crippen MR) is 229 cm³/mol. The number of fused-ring (bicyclic) bond motifs is 7. The number of hydrogen-bond donors (Lipinski definition) is 0. The molecule has 0 saturated carbocycles. The molecule has 4 heteroatoms. The zero-order valence-corrected chi connectivity index (χ0v) is 29.8. The molecule has 2 heterocycles. The van der Waals surface area contributed by atoms with Gasteiger partial charge in [0.15, 0.2) is 5.58 Å². The molecule has 0 atom stereocenters. The molecular formula is C51H33N3O. The Labute approximate surface area is 317 Å². The molecule has 0 amide bonds. The largest absolute Gasteiger partial charge is 0.434 e. The number of rotatable bonds is 6. The van der Waals surface area contributed by atoms with Crippen LogP contribution in [0.1, 0.15) is 0 Å². The maximum absolute atomic E-state index is 6.75. The first-order valence-corrected chi connectivity index (χ1v) is 18.6. The Balaban J connectivity index is 1.22. The van der Waals surface area contributed by atoms with Gasteiger partial charge in [-0.2, -0.15) is 0 Å². The highest BCUT2D eigenvalue weighted by Gasteiger charge is 2.25. The van der Waals surface area contributed by atoms with Gasteiger partial charge in [-0.15, -0.1) is 0 Å². The zero-order chi connectivity index (χ0) is 36.3. The number of anilines is 3. The summed E-state index contributed by atoms with van der Waals surface area (Å²) in [5.41, 5.74) is 11.2. The molecule has 55 heavy (non-hydrogen) atoms. The quantitative estimate of drug-likeness (QED) is 0.173. The van der Waals surface area contributed by atoms with E-state index < -0.39 is 0 Å². The number of hydrogen-bond acceptors (Lipinski definition) is 3. The van der Waals surface area contributed by atoms with Crippen LogP contribution < -0.4 is 4.90 Å². The standard InChI is InChI=1S/C51H33N3O/c1-4-14-34(15-5-1)37-26-27-39-33-41(30-28-38(39)32-37)53(47-25-13-23-44-50(47)55-51(52-44)36-17-6-2-7-18-36)46-24-12-22-43-48-42-21-11-10-16-35(42)29-31-45(48)54(49(43)46)40-19-8-3-9-20-40/h1-33H. The van der Waals surface area contributed by atoms with Crippen molar-refractivity contribution >= 4 is 71.5 Å². The van der Waals surface area contributed by atoms with Gasteiger partial charge in [0, 0.05) is 27.7 Å². The highest BCUT2D eigenvalue weighted by atomic mass is 16.3. The van der Waals surface area contributed by atoms with Crippen molar-refractivity contribution < 1.29 is 4.42 Å². The van der Waals surface area contributed by atoms with Crippen molar-refractivity contribution in [3.63, 3.8) is 0 Å². The van der Waals surface area contributed by atoms with Crippen LogP contribution in [0.2, 0.25) is 0 Å². The van der Waals surface area contributed by atoms with Crippen molar-refractivity contribution in [2.45, 2.75) is 0 Å². The Kier molecular flexibility index (Phi) is 7.14. The second-order valence-corrected chi connectivity index (χ2v) is 14.0. The first-order chi connectivity index (χ1) is 27.3. The molecule has 0 radical (unpaired) electrons. The Hall–Kier alpha value is -7.43. The lowest BCUT2D eigenvalue weighted by atomic mass is 10.0. The summed E-state index contributed by atoms with van der Waals surface area (Å²) < 4.78 is 9.16. The van der Waals surface area contributed by atoms with Crippen LogP contribution in [0.4, 0.5) is 17.1 Å². The van der Waals surface area contributed by atoms with Gasteiger partial charge in [0.2, 0.25) is 5.89 Å². The fraction of sp³-hybridized carbons (Fsp3) is 0. The Bertz CT molecular complexity index is 3200. The minimum Gasteiger partial charge on any atom is -0.434 e. The second kappa shape index (κ2) is 12.6. The molecule has 0 bridgehead atoms. The number of para-hydroxylation sites is 3. The molecule has 11 aromatic rings. The van der Waals surface area contributed by atoms with Crippen LogP contribution in [0, 0.1) is 0 Å². The van der Waals surface area contributed by atoms with Crippen molar-refractivity contribution in [3.05, 3.63) is 200 Å². The van der Waals surface area contributed by atoms with Gasteiger partial charge >= 0.3 is 0 Å². The van der Waals surface area contributed by atoms with Crippen LogP contribution in [0.25, 0.3) is 82.7 Å². The lowest BCUT2D eigenvalue weighted by molar-refractivity contribution is 0.620. The highest BCUT2D eigenvalue weighted by Crippen LogP contribution is 2.47. The average molecular weight is 704 g/mol. The summed E-state index contributed by atoms with van der Waals surface area (Å²) >= 11 is 0. The molecule has 4 nitrogen and oxygen atoms in total. The summed E-state index contributed by atoms with van der Waals surface area (Å²) in [5.74, 6) is 0.595. The third-order valence-electron chi connectivity index (χ3n) is 10.8. The van der Waals surface area contributed by atoms with E-state index in [-0.39, 0.29) is 0 Å². The lowest BCUT2D eigenvalue weighted by Crippen LogP contribution is -2.12. The molecule has 0 saturated heterocycles. The van der Waals surface area contributed by atoms with Crippen LogP contribution in [0.5, 0.6) is 0 Å². The van der Waals surface area contributed by atoms with Crippen LogP contribution >= 0.6 is 0 Å². The van der Waals surface area contributed by atoms with Gasteiger partial charge in [-0.3, -0.25) is 0 Å². The topological polar surface area (TPSA) is 34.2 Å². The van der Waals surface area contributed by atoms with Crippen molar-refractivity contribution in [1.29, 1.82) is 0 Å². The van der Waals surface area contributed by atoms with Crippen LogP contribution in [-0.4, -0.2) is 9.55 Å². The molecular weight excluding hydrogens is 671 g/mol. The SMILES string of the molecule is c1ccc(-c2ccc3cc(N(c4cccc5nc(-c6ccccc6)oc45)c4cccc5c6c7ccccc7ccc6n(-c6ccccc6)c45)ccc3c2)cc1. The highest BCUT2D eigenvalue weighted by molar-refractivity contribution is 6.24. The summed E-state index contributed by atoms with van der Waals surface area (Å²) in [6.45, 7) is 0. The summed E-state index contributed by atoms with van der Waals surface area (Å²) in [6, 6.07) is 71.0. The van der Waals surface area contributed by atoms with E-state index in [1.807, 2.05) is 36.4 Å². The van der Waals surface area contributed by atoms with Crippen molar-refractivity contribution in [2.75, 3.05) is 4.90 Å². The van der Waals surface area contributed by atoms with Gasteiger partial charge in [0.25, 0.3) is 0 Å². The monoisotopic (exact) mass is 703 g/mol. The maximum Gasteiger partial charge on any atom is 0.227 e. The van der Waals surface area contributed by atoms with E-state index in [0.29, 0.717) is 5.89 Å². The average Bonchev–Trinajstić information content (AvgIpc) is 3.86. The van der Waals surface area contributed by atoms with Gasteiger partial charge in [-0.1, -0.05) is 133 Å². The van der Waals surface area contributed by atoms with Gasteiger partial charge in [-0.05, 0) is 99.4 Å². The summed E-state index contributed by atoms with van der Waals surface area (Å²) in [7, 11) is 0. The summed E-state index contributed by atoms with van der Waals surface area (Å²) in [5, 5.41) is 7.19. The molecule has 0 N–H and O–H groups in total. The molecule has 0 aliphatic carbocycles. The molecule has 0 aliphatic heterocycles. The van der Waals surface area contributed by atoms with E-state index in [1.54, 1.807) is 0 Å². The predicted octanol–water partition coefficient (Wildman–Crippen LogP) is 14.0. The van der Waals surface area contributed by atoms with Gasteiger partial charge in [-0.25, -0.2) is 4.98 Å². The summed E-state index contributed by atoms with van der Waals surface area (Å²) in [6.07, 6.45) is 0. The Morgan fingerprint density at radius 2 is 1.11 bits per heavy atom. The lowest BCUT2D eigenvalue weighted by Gasteiger charge is -2.27. The fourth-order valence-corrected chi connectivity index (χ4v) is 8.25. The van der Waals surface area contributed by atoms with Gasteiger partial charge < -0.3 is 13.9 Å². The maximum atomic E-state index is 6.75. The smallest absolute Gasteiger partial charge is 0.227 e. The molecule has 2 aromatic heterocycles. The van der Waals surface area contributed by atoms with Crippen LogP contribution in [0.3, 0.4) is 0 Å².